The number of nitrogens with zero attached hydrogens (tertiary/aromatic N) is 3. The number of aromatic amines is 1. The van der Waals surface area contributed by atoms with Gasteiger partial charge in [0, 0.05) is 13.1 Å². The molecule has 1 saturated heterocycles. The van der Waals surface area contributed by atoms with Crippen molar-refractivity contribution in [2.75, 3.05) is 33.2 Å². The molecule has 4 nitrogen and oxygen atoms in total. The minimum Gasteiger partial charge on any atom is -0.341 e. The van der Waals surface area contributed by atoms with Crippen LogP contribution in [0.15, 0.2) is 18.2 Å². The van der Waals surface area contributed by atoms with E-state index >= 15 is 0 Å². The van der Waals surface area contributed by atoms with Gasteiger partial charge in [-0.1, -0.05) is 6.92 Å². The largest absolute Gasteiger partial charge is 0.341 e. The molecular formula is C16H23FN4. The van der Waals surface area contributed by atoms with E-state index in [0.717, 1.165) is 42.4 Å². The molecule has 1 aromatic heterocycles. The lowest BCUT2D eigenvalue weighted by Crippen LogP contribution is -2.28. The fraction of sp³-hybridized carbons (Fsp3) is 0.562. The van der Waals surface area contributed by atoms with Crippen LogP contribution in [0.4, 0.5) is 4.39 Å². The number of fused-ring (bicyclic) bond motifs is 1. The van der Waals surface area contributed by atoms with Crippen LogP contribution >= 0.6 is 0 Å². The van der Waals surface area contributed by atoms with Gasteiger partial charge in [0.2, 0.25) is 0 Å². The monoisotopic (exact) mass is 290 g/mol. The first kappa shape index (κ1) is 14.5. The number of rotatable bonds is 5. The highest BCUT2D eigenvalue weighted by Gasteiger charge is 2.22. The number of benzene rings is 1. The molecule has 0 bridgehead atoms. The predicted molar refractivity (Wildman–Crippen MR) is 82.6 cm³/mol. The summed E-state index contributed by atoms with van der Waals surface area (Å²) in [6.45, 7) is 7.65. The Kier molecular flexibility index (Phi) is 4.22. The van der Waals surface area contributed by atoms with Crippen molar-refractivity contribution in [2.24, 2.45) is 5.92 Å². The van der Waals surface area contributed by atoms with Crippen molar-refractivity contribution >= 4 is 11.0 Å². The summed E-state index contributed by atoms with van der Waals surface area (Å²) in [7, 11) is 2.13. The molecule has 1 fully saturated rings. The zero-order valence-electron chi connectivity index (χ0n) is 12.8. The van der Waals surface area contributed by atoms with Crippen LogP contribution in [0.2, 0.25) is 0 Å². The zero-order valence-corrected chi connectivity index (χ0v) is 12.8. The zero-order chi connectivity index (χ0) is 14.8. The lowest BCUT2D eigenvalue weighted by atomic mass is 10.1. The highest BCUT2D eigenvalue weighted by atomic mass is 19.1. The second-order valence-electron chi connectivity index (χ2n) is 6.09. The maximum absolute atomic E-state index is 13.2. The van der Waals surface area contributed by atoms with Crippen molar-refractivity contribution < 1.29 is 4.39 Å². The number of imidazole rings is 1. The molecule has 3 rings (SSSR count). The van der Waals surface area contributed by atoms with Crippen LogP contribution in [-0.2, 0) is 6.54 Å². The number of nitrogens with one attached hydrogen (secondary N) is 1. The van der Waals surface area contributed by atoms with Crippen molar-refractivity contribution in [1.82, 2.24) is 19.8 Å². The first-order chi connectivity index (χ1) is 10.1. The quantitative estimate of drug-likeness (QED) is 0.919. The molecule has 0 amide bonds. The average molecular weight is 290 g/mol. The van der Waals surface area contributed by atoms with Crippen LogP contribution in [-0.4, -0.2) is 53.0 Å². The highest BCUT2D eigenvalue weighted by Crippen LogP contribution is 2.18. The van der Waals surface area contributed by atoms with Gasteiger partial charge < -0.3 is 9.88 Å². The molecule has 0 saturated carbocycles. The molecule has 0 spiro atoms. The third-order valence-corrected chi connectivity index (χ3v) is 4.30. The normalized spacial score (nSPS) is 19.9. The molecule has 1 aliphatic heterocycles. The molecular weight excluding hydrogens is 267 g/mol. The average Bonchev–Trinajstić information content (AvgIpc) is 3.04. The summed E-state index contributed by atoms with van der Waals surface area (Å²) < 4.78 is 13.2. The molecule has 2 aromatic rings. The van der Waals surface area contributed by atoms with Crippen LogP contribution in [0.1, 0.15) is 19.2 Å². The number of aromatic nitrogens is 2. The standard InChI is InChI=1S/C16H23FN4/c1-3-21-7-6-12(10-21)9-20(2)11-16-18-14-5-4-13(17)8-15(14)19-16/h4-5,8,12H,3,6-7,9-11H2,1-2H3,(H,18,19). The van der Waals surface area contributed by atoms with Gasteiger partial charge in [0.05, 0.1) is 17.6 Å². The Morgan fingerprint density at radius 2 is 2.33 bits per heavy atom. The van der Waals surface area contributed by atoms with E-state index in [9.17, 15) is 4.39 Å². The number of likely N-dealkylation sites (tertiary alicyclic amines) is 1. The maximum atomic E-state index is 13.2. The van der Waals surface area contributed by atoms with Crippen molar-refractivity contribution in [3.63, 3.8) is 0 Å². The summed E-state index contributed by atoms with van der Waals surface area (Å²) >= 11 is 0. The Balaban J connectivity index is 1.59. The molecule has 5 heteroatoms. The van der Waals surface area contributed by atoms with Crippen LogP contribution in [0.3, 0.4) is 0 Å². The van der Waals surface area contributed by atoms with E-state index in [-0.39, 0.29) is 5.82 Å². The molecule has 0 radical (unpaired) electrons. The van der Waals surface area contributed by atoms with Gasteiger partial charge in [0.15, 0.2) is 0 Å². The van der Waals surface area contributed by atoms with Gasteiger partial charge in [0.1, 0.15) is 11.6 Å². The van der Waals surface area contributed by atoms with Crippen molar-refractivity contribution in [1.29, 1.82) is 0 Å². The maximum Gasteiger partial charge on any atom is 0.125 e. The van der Waals surface area contributed by atoms with Gasteiger partial charge in [-0.05, 0) is 50.7 Å². The van der Waals surface area contributed by atoms with Gasteiger partial charge in [-0.25, -0.2) is 9.37 Å². The van der Waals surface area contributed by atoms with Crippen LogP contribution in [0, 0.1) is 11.7 Å². The summed E-state index contributed by atoms with van der Waals surface area (Å²) in [5.74, 6) is 1.43. The van der Waals surface area contributed by atoms with E-state index in [1.165, 1.54) is 31.6 Å². The van der Waals surface area contributed by atoms with Crippen molar-refractivity contribution in [2.45, 2.75) is 19.9 Å². The van der Waals surface area contributed by atoms with Gasteiger partial charge in [0.25, 0.3) is 0 Å². The summed E-state index contributed by atoms with van der Waals surface area (Å²) in [5.41, 5.74) is 1.61. The Bertz CT molecular complexity index is 609. The highest BCUT2D eigenvalue weighted by molar-refractivity contribution is 5.74. The molecule has 1 N–H and O–H groups in total. The molecule has 1 atom stereocenters. The number of hydrogen-bond acceptors (Lipinski definition) is 3. The molecule has 1 aliphatic rings. The Labute approximate surface area is 125 Å². The van der Waals surface area contributed by atoms with Gasteiger partial charge in [-0.3, -0.25) is 4.90 Å². The fourth-order valence-electron chi connectivity index (χ4n) is 3.22. The molecule has 1 unspecified atom stereocenters. The smallest absolute Gasteiger partial charge is 0.125 e. The minimum absolute atomic E-state index is 0.225. The number of H-pyrrole nitrogens is 1. The Morgan fingerprint density at radius 1 is 1.48 bits per heavy atom. The molecule has 1 aromatic carbocycles. The first-order valence-electron chi connectivity index (χ1n) is 7.69. The van der Waals surface area contributed by atoms with Gasteiger partial charge in [-0.15, -0.1) is 0 Å². The predicted octanol–water partition coefficient (Wildman–Crippen LogP) is 2.48. The van der Waals surface area contributed by atoms with Crippen molar-refractivity contribution in [3.8, 4) is 0 Å². The summed E-state index contributed by atoms with van der Waals surface area (Å²) in [6.07, 6.45) is 1.28. The van der Waals surface area contributed by atoms with Crippen LogP contribution in [0.25, 0.3) is 11.0 Å². The Hall–Kier alpha value is -1.46. The topological polar surface area (TPSA) is 35.2 Å². The SMILES string of the molecule is CCN1CCC(CN(C)Cc2nc3ccc(F)cc3[nH]2)C1. The van der Waals surface area contributed by atoms with E-state index in [0.29, 0.717) is 0 Å². The van der Waals surface area contributed by atoms with E-state index in [1.807, 2.05) is 0 Å². The fourth-order valence-corrected chi connectivity index (χ4v) is 3.22. The second-order valence-corrected chi connectivity index (χ2v) is 6.09. The summed E-state index contributed by atoms with van der Waals surface area (Å²) in [4.78, 5) is 12.5. The first-order valence-corrected chi connectivity index (χ1v) is 7.69. The molecule has 0 aliphatic carbocycles. The molecule has 114 valence electrons. The number of halogens is 1. The van der Waals surface area contributed by atoms with E-state index in [2.05, 4.69) is 33.7 Å². The molecule has 21 heavy (non-hydrogen) atoms. The van der Waals surface area contributed by atoms with E-state index < -0.39 is 0 Å². The lowest BCUT2D eigenvalue weighted by molar-refractivity contribution is 0.256. The van der Waals surface area contributed by atoms with E-state index in [4.69, 9.17) is 0 Å². The third-order valence-electron chi connectivity index (χ3n) is 4.30. The Morgan fingerprint density at radius 3 is 3.10 bits per heavy atom. The second kappa shape index (κ2) is 6.12. The van der Waals surface area contributed by atoms with Gasteiger partial charge >= 0.3 is 0 Å². The molecule has 2 heterocycles. The van der Waals surface area contributed by atoms with Crippen LogP contribution < -0.4 is 0 Å². The lowest BCUT2D eigenvalue weighted by Gasteiger charge is -2.20. The van der Waals surface area contributed by atoms with E-state index in [1.54, 1.807) is 6.07 Å². The summed E-state index contributed by atoms with van der Waals surface area (Å²) in [6, 6.07) is 4.68. The minimum atomic E-state index is -0.225. The van der Waals surface area contributed by atoms with Crippen molar-refractivity contribution in [3.05, 3.63) is 29.8 Å². The number of hydrogen-bond donors (Lipinski definition) is 1. The third kappa shape index (κ3) is 3.41. The van der Waals surface area contributed by atoms with Crippen LogP contribution in [0.5, 0.6) is 0 Å². The summed E-state index contributed by atoms with van der Waals surface area (Å²) in [5, 5.41) is 0. The van der Waals surface area contributed by atoms with Gasteiger partial charge in [-0.2, -0.15) is 0 Å².